The van der Waals surface area contributed by atoms with Gasteiger partial charge in [-0.1, -0.05) is 18.2 Å². The first-order chi connectivity index (χ1) is 13.7. The van der Waals surface area contributed by atoms with Crippen LogP contribution in [0.5, 0.6) is 5.75 Å². The van der Waals surface area contributed by atoms with Gasteiger partial charge in [-0.25, -0.2) is 4.99 Å². The molecule has 2 N–H and O–H groups in total. The van der Waals surface area contributed by atoms with E-state index in [9.17, 15) is 0 Å². The minimum Gasteiger partial charge on any atom is -0.493 e. The Morgan fingerprint density at radius 1 is 1.14 bits per heavy atom. The maximum absolute atomic E-state index is 5.79. The van der Waals surface area contributed by atoms with Crippen LogP contribution in [0.25, 0.3) is 0 Å². The van der Waals surface area contributed by atoms with Gasteiger partial charge in [0.05, 0.1) is 12.6 Å². The highest BCUT2D eigenvalue weighted by Crippen LogP contribution is 2.31. The highest BCUT2D eigenvalue weighted by Gasteiger charge is 2.23. The fourth-order valence-electron chi connectivity index (χ4n) is 3.56. The van der Waals surface area contributed by atoms with Crippen molar-refractivity contribution >= 4 is 29.9 Å². The second-order valence-electron chi connectivity index (χ2n) is 7.29. The molecule has 1 aromatic carbocycles. The van der Waals surface area contributed by atoms with E-state index >= 15 is 0 Å². The lowest BCUT2D eigenvalue weighted by Gasteiger charge is -2.30. The predicted molar refractivity (Wildman–Crippen MR) is 122 cm³/mol. The molecule has 1 atom stereocenters. The molecule has 29 heavy (non-hydrogen) atoms. The average Bonchev–Trinajstić information content (AvgIpc) is 3.05. The van der Waals surface area contributed by atoms with Crippen LogP contribution in [0.1, 0.15) is 42.5 Å². The number of guanidine groups is 1. The van der Waals surface area contributed by atoms with Crippen LogP contribution in [-0.2, 0) is 18.3 Å². The van der Waals surface area contributed by atoms with E-state index in [1.807, 2.05) is 36.7 Å². The second-order valence-corrected chi connectivity index (χ2v) is 7.29. The molecule has 9 heteroatoms. The number of aryl methyl sites for hydroxylation is 1. The zero-order valence-electron chi connectivity index (χ0n) is 16.9. The Labute approximate surface area is 188 Å². The number of rotatable bonds is 4. The van der Waals surface area contributed by atoms with E-state index in [1.165, 1.54) is 5.56 Å². The van der Waals surface area contributed by atoms with Crippen molar-refractivity contribution in [2.24, 2.45) is 12.0 Å². The van der Waals surface area contributed by atoms with Gasteiger partial charge in [-0.05, 0) is 25.8 Å². The van der Waals surface area contributed by atoms with E-state index in [2.05, 4.69) is 26.9 Å². The number of nitrogens with zero attached hydrogens (tertiary/aromatic N) is 4. The molecule has 2 aliphatic rings. The Morgan fingerprint density at radius 2 is 1.93 bits per heavy atom. The first-order valence-electron chi connectivity index (χ1n) is 9.92. The van der Waals surface area contributed by atoms with E-state index in [1.54, 1.807) is 0 Å². The van der Waals surface area contributed by atoms with Gasteiger partial charge in [-0.15, -0.1) is 34.2 Å². The van der Waals surface area contributed by atoms with Crippen molar-refractivity contribution in [3.05, 3.63) is 41.5 Å². The third kappa shape index (κ3) is 5.39. The maximum atomic E-state index is 5.79. The van der Waals surface area contributed by atoms with Crippen molar-refractivity contribution in [3.63, 3.8) is 0 Å². The van der Waals surface area contributed by atoms with Crippen LogP contribution in [-0.4, -0.2) is 46.6 Å². The Morgan fingerprint density at radius 3 is 2.69 bits per heavy atom. The molecule has 0 bridgehead atoms. The van der Waals surface area contributed by atoms with Crippen molar-refractivity contribution in [3.8, 4) is 5.75 Å². The summed E-state index contributed by atoms with van der Waals surface area (Å²) in [5.41, 5.74) is 1.17. The molecule has 1 fully saturated rings. The predicted octanol–water partition coefficient (Wildman–Crippen LogP) is 2.48. The number of halogens is 1. The summed E-state index contributed by atoms with van der Waals surface area (Å²) in [6.07, 6.45) is 2.86. The van der Waals surface area contributed by atoms with Crippen molar-refractivity contribution in [2.45, 2.75) is 44.8 Å². The van der Waals surface area contributed by atoms with E-state index in [4.69, 9.17) is 14.5 Å². The van der Waals surface area contributed by atoms with E-state index in [0.29, 0.717) is 19.2 Å². The lowest BCUT2D eigenvalue weighted by molar-refractivity contribution is 0.0821. The minimum absolute atomic E-state index is 0. The van der Waals surface area contributed by atoms with E-state index in [-0.39, 0.29) is 30.0 Å². The number of hydrogen-bond donors (Lipinski definition) is 2. The molecule has 3 heterocycles. The third-order valence-electron chi connectivity index (χ3n) is 5.39. The molecule has 0 saturated carbocycles. The molecule has 0 spiro atoms. The molecule has 0 aliphatic carbocycles. The van der Waals surface area contributed by atoms with Crippen molar-refractivity contribution in [1.82, 2.24) is 25.4 Å². The zero-order valence-corrected chi connectivity index (χ0v) is 19.3. The first-order valence-corrected chi connectivity index (χ1v) is 9.92. The van der Waals surface area contributed by atoms with Crippen LogP contribution in [0.4, 0.5) is 0 Å². The molecular weight excluding hydrogens is 483 g/mol. The number of aliphatic imine (C=N–C) groups is 1. The number of hydrogen-bond acceptors (Lipinski definition) is 5. The van der Waals surface area contributed by atoms with Gasteiger partial charge in [0.2, 0.25) is 0 Å². The summed E-state index contributed by atoms with van der Waals surface area (Å²) in [6.45, 7) is 4.68. The number of benzene rings is 1. The van der Waals surface area contributed by atoms with Crippen LogP contribution in [0, 0.1) is 6.92 Å². The lowest BCUT2D eigenvalue weighted by Crippen LogP contribution is -2.47. The molecule has 2 aromatic rings. The van der Waals surface area contributed by atoms with Crippen molar-refractivity contribution < 1.29 is 9.47 Å². The maximum Gasteiger partial charge on any atom is 0.192 e. The smallest absolute Gasteiger partial charge is 0.192 e. The Balaban J connectivity index is 0.00000240. The van der Waals surface area contributed by atoms with Gasteiger partial charge in [0.25, 0.3) is 0 Å². The normalized spacial score (nSPS) is 19.7. The second kappa shape index (κ2) is 10.2. The topological polar surface area (TPSA) is 85.6 Å². The van der Waals surface area contributed by atoms with Gasteiger partial charge in [-0.2, -0.15) is 0 Å². The van der Waals surface area contributed by atoms with Crippen LogP contribution in [0.2, 0.25) is 0 Å². The summed E-state index contributed by atoms with van der Waals surface area (Å²) < 4.78 is 13.3. The molecule has 158 valence electrons. The summed E-state index contributed by atoms with van der Waals surface area (Å²) in [4.78, 5) is 4.82. The van der Waals surface area contributed by atoms with Gasteiger partial charge >= 0.3 is 0 Å². The molecule has 2 aliphatic heterocycles. The SMILES string of the molecule is Cc1nnc(CN=C(NC2CCOCC2)NC2CCOc3ccccc32)n1C.I. The quantitative estimate of drug-likeness (QED) is 0.372. The lowest BCUT2D eigenvalue weighted by atomic mass is 10.0. The molecule has 0 amide bonds. The van der Waals surface area contributed by atoms with Gasteiger partial charge in [0.1, 0.15) is 18.1 Å². The Hall–Kier alpha value is -1.88. The summed E-state index contributed by atoms with van der Waals surface area (Å²) >= 11 is 0. The number of fused-ring (bicyclic) bond motifs is 1. The molecular formula is C20H29IN6O2. The monoisotopic (exact) mass is 512 g/mol. The molecule has 1 aromatic heterocycles. The molecule has 8 nitrogen and oxygen atoms in total. The van der Waals surface area contributed by atoms with Crippen LogP contribution in [0.15, 0.2) is 29.3 Å². The van der Waals surface area contributed by atoms with Gasteiger partial charge in [0, 0.05) is 38.3 Å². The fraction of sp³-hybridized carbons (Fsp3) is 0.550. The standard InChI is InChI=1S/C20H28N6O2.HI/c1-14-24-25-19(26(14)2)13-21-20(22-15-7-10-27-11-8-15)23-17-9-12-28-18-6-4-3-5-16(17)18;/h3-6,15,17H,7-13H2,1-2H3,(H2,21,22,23);1H. The third-order valence-corrected chi connectivity index (χ3v) is 5.39. The van der Waals surface area contributed by atoms with E-state index < -0.39 is 0 Å². The largest absolute Gasteiger partial charge is 0.493 e. The summed E-state index contributed by atoms with van der Waals surface area (Å²) in [6, 6.07) is 8.71. The molecule has 4 rings (SSSR count). The Bertz CT molecular complexity index is 834. The zero-order chi connectivity index (χ0) is 19.3. The first kappa shape index (κ1) is 21.8. The summed E-state index contributed by atoms with van der Waals surface area (Å²) in [5, 5.41) is 15.6. The van der Waals surface area contributed by atoms with Gasteiger partial charge < -0.3 is 24.7 Å². The van der Waals surface area contributed by atoms with Crippen molar-refractivity contribution in [2.75, 3.05) is 19.8 Å². The van der Waals surface area contributed by atoms with Crippen LogP contribution in [0.3, 0.4) is 0 Å². The summed E-state index contributed by atoms with van der Waals surface area (Å²) in [7, 11) is 1.97. The molecule has 0 radical (unpaired) electrons. The number of aromatic nitrogens is 3. The van der Waals surface area contributed by atoms with Gasteiger partial charge in [0.15, 0.2) is 11.8 Å². The fourth-order valence-corrected chi connectivity index (χ4v) is 3.56. The number of para-hydroxylation sites is 1. The summed E-state index contributed by atoms with van der Waals surface area (Å²) in [5.74, 6) is 3.48. The molecule has 1 saturated heterocycles. The van der Waals surface area contributed by atoms with Crippen LogP contribution < -0.4 is 15.4 Å². The van der Waals surface area contributed by atoms with E-state index in [0.717, 1.165) is 55.8 Å². The number of nitrogens with one attached hydrogen (secondary N) is 2. The minimum atomic E-state index is 0. The van der Waals surface area contributed by atoms with Gasteiger partial charge in [-0.3, -0.25) is 0 Å². The highest BCUT2D eigenvalue weighted by molar-refractivity contribution is 14.0. The highest BCUT2D eigenvalue weighted by atomic mass is 127. The average molecular weight is 512 g/mol. The van der Waals surface area contributed by atoms with Crippen LogP contribution >= 0.6 is 24.0 Å². The number of ether oxygens (including phenoxy) is 2. The Kier molecular flexibility index (Phi) is 7.70. The molecule has 1 unspecified atom stereocenters. The van der Waals surface area contributed by atoms with Crippen molar-refractivity contribution in [1.29, 1.82) is 0 Å².